The first-order chi connectivity index (χ1) is 9.45. The average Bonchev–Trinajstić information content (AvgIpc) is 2.80. The van der Waals surface area contributed by atoms with E-state index in [9.17, 15) is 13.2 Å². The Morgan fingerprint density at radius 2 is 1.95 bits per heavy atom. The number of rotatable bonds is 1. The lowest BCUT2D eigenvalue weighted by atomic mass is 9.78. The Bertz CT molecular complexity index is 618. The number of benzene rings is 1. The number of nitrogens with zero attached hydrogens (tertiary/aromatic N) is 1. The first-order valence-electron chi connectivity index (χ1n) is 6.77. The second kappa shape index (κ2) is 4.68. The van der Waals surface area contributed by atoms with Crippen molar-refractivity contribution in [2.75, 3.05) is 5.73 Å². The summed E-state index contributed by atoms with van der Waals surface area (Å²) >= 11 is 0. The van der Waals surface area contributed by atoms with Gasteiger partial charge in [-0.1, -0.05) is 12.8 Å². The highest BCUT2D eigenvalue weighted by atomic mass is 19.4. The molecule has 1 fully saturated rings. The van der Waals surface area contributed by atoms with Gasteiger partial charge in [-0.2, -0.15) is 13.2 Å². The number of imidazole rings is 1. The lowest BCUT2D eigenvalue weighted by molar-refractivity contribution is -0.187. The summed E-state index contributed by atoms with van der Waals surface area (Å²) in [7, 11) is 0. The highest BCUT2D eigenvalue weighted by molar-refractivity contribution is 5.78. The molecule has 2 aromatic rings. The lowest BCUT2D eigenvalue weighted by Crippen LogP contribution is -2.32. The zero-order valence-electron chi connectivity index (χ0n) is 10.9. The molecule has 6 heteroatoms. The summed E-state index contributed by atoms with van der Waals surface area (Å²) in [5.74, 6) is -1.43. The molecule has 3 rings (SSSR count). The number of hydrogen-bond donors (Lipinski definition) is 2. The Labute approximate surface area is 114 Å². The minimum atomic E-state index is -4.16. The number of nitrogens with one attached hydrogen (secondary N) is 1. The Hall–Kier alpha value is -1.72. The molecular weight excluding hydrogens is 267 g/mol. The van der Waals surface area contributed by atoms with Gasteiger partial charge in [0.05, 0.1) is 17.0 Å². The number of aromatic nitrogens is 2. The van der Waals surface area contributed by atoms with Gasteiger partial charge in [-0.25, -0.2) is 4.98 Å². The summed E-state index contributed by atoms with van der Waals surface area (Å²) in [6.07, 6.45) is -2.00. The van der Waals surface area contributed by atoms with Gasteiger partial charge in [0.1, 0.15) is 5.82 Å². The fourth-order valence-electron chi connectivity index (χ4n) is 3.07. The number of fused-ring (bicyclic) bond motifs is 1. The highest BCUT2D eigenvalue weighted by Gasteiger charge is 2.46. The van der Waals surface area contributed by atoms with E-state index >= 15 is 0 Å². The SMILES string of the molecule is Nc1ccc2nc(C3CCCCC3C(F)(F)F)[nH]c2c1. The number of anilines is 1. The molecule has 1 aromatic heterocycles. The van der Waals surface area contributed by atoms with Gasteiger partial charge in [-0.05, 0) is 31.0 Å². The number of hydrogen-bond acceptors (Lipinski definition) is 2. The van der Waals surface area contributed by atoms with Crippen molar-refractivity contribution in [2.24, 2.45) is 5.92 Å². The summed E-state index contributed by atoms with van der Waals surface area (Å²) in [5.41, 5.74) is 7.62. The van der Waals surface area contributed by atoms with Crippen molar-refractivity contribution in [3.8, 4) is 0 Å². The van der Waals surface area contributed by atoms with Crippen molar-refractivity contribution in [1.82, 2.24) is 9.97 Å². The van der Waals surface area contributed by atoms with Crippen molar-refractivity contribution in [3.05, 3.63) is 24.0 Å². The highest BCUT2D eigenvalue weighted by Crippen LogP contribution is 2.45. The van der Waals surface area contributed by atoms with Gasteiger partial charge >= 0.3 is 6.18 Å². The van der Waals surface area contributed by atoms with Gasteiger partial charge in [-0.15, -0.1) is 0 Å². The van der Waals surface area contributed by atoms with Crippen LogP contribution in [0.4, 0.5) is 18.9 Å². The molecule has 0 radical (unpaired) electrons. The summed E-state index contributed by atoms with van der Waals surface area (Å²) in [4.78, 5) is 7.35. The third-order valence-corrected chi connectivity index (χ3v) is 4.06. The largest absolute Gasteiger partial charge is 0.399 e. The van der Waals surface area contributed by atoms with Crippen LogP contribution < -0.4 is 5.73 Å². The van der Waals surface area contributed by atoms with Crippen LogP contribution in [0.2, 0.25) is 0 Å². The number of alkyl halides is 3. The predicted molar refractivity (Wildman–Crippen MR) is 71.3 cm³/mol. The van der Waals surface area contributed by atoms with Gasteiger partial charge in [0, 0.05) is 11.6 Å². The number of H-pyrrole nitrogens is 1. The van der Waals surface area contributed by atoms with Crippen LogP contribution in [0.25, 0.3) is 11.0 Å². The van der Waals surface area contributed by atoms with E-state index in [0.29, 0.717) is 35.4 Å². The van der Waals surface area contributed by atoms with Crippen molar-refractivity contribution in [3.63, 3.8) is 0 Å². The fraction of sp³-hybridized carbons (Fsp3) is 0.500. The normalized spacial score (nSPS) is 24.1. The third-order valence-electron chi connectivity index (χ3n) is 4.06. The van der Waals surface area contributed by atoms with Crippen LogP contribution in [0.15, 0.2) is 18.2 Å². The lowest BCUT2D eigenvalue weighted by Gasteiger charge is -2.31. The van der Waals surface area contributed by atoms with Crippen molar-refractivity contribution >= 4 is 16.7 Å². The molecule has 3 N–H and O–H groups in total. The van der Waals surface area contributed by atoms with Crippen LogP contribution in [0.5, 0.6) is 0 Å². The fourth-order valence-corrected chi connectivity index (χ4v) is 3.07. The van der Waals surface area contributed by atoms with Crippen LogP contribution in [-0.4, -0.2) is 16.1 Å². The topological polar surface area (TPSA) is 54.7 Å². The second-order valence-electron chi connectivity index (χ2n) is 5.44. The zero-order chi connectivity index (χ0) is 14.3. The Balaban J connectivity index is 1.99. The number of nitrogens with two attached hydrogens (primary N) is 1. The average molecular weight is 283 g/mol. The van der Waals surface area contributed by atoms with Crippen LogP contribution in [0.3, 0.4) is 0 Å². The van der Waals surface area contributed by atoms with E-state index in [1.165, 1.54) is 0 Å². The van der Waals surface area contributed by atoms with Crippen LogP contribution in [-0.2, 0) is 0 Å². The third kappa shape index (κ3) is 2.34. The van der Waals surface area contributed by atoms with Crippen molar-refractivity contribution in [2.45, 2.75) is 37.8 Å². The molecule has 108 valence electrons. The molecule has 0 bridgehead atoms. The first-order valence-corrected chi connectivity index (χ1v) is 6.77. The molecule has 0 saturated heterocycles. The molecule has 0 spiro atoms. The standard InChI is InChI=1S/C14H16F3N3/c15-14(16,17)10-4-2-1-3-9(10)13-19-11-6-5-8(18)7-12(11)20-13/h5-7,9-10H,1-4,18H2,(H,19,20). The van der Waals surface area contributed by atoms with Crippen molar-refractivity contribution < 1.29 is 13.2 Å². The molecule has 1 saturated carbocycles. The quantitative estimate of drug-likeness (QED) is 0.778. The minimum absolute atomic E-state index is 0.188. The van der Waals surface area contributed by atoms with E-state index in [0.717, 1.165) is 6.42 Å². The summed E-state index contributed by atoms with van der Waals surface area (Å²) in [6.45, 7) is 0. The van der Waals surface area contributed by atoms with E-state index in [1.807, 2.05) is 0 Å². The molecule has 3 nitrogen and oxygen atoms in total. The summed E-state index contributed by atoms with van der Waals surface area (Å²) in [5, 5.41) is 0. The summed E-state index contributed by atoms with van der Waals surface area (Å²) < 4.78 is 39.4. The molecule has 0 amide bonds. The molecule has 0 aliphatic heterocycles. The van der Waals surface area contributed by atoms with Crippen LogP contribution in [0.1, 0.15) is 37.4 Å². The maximum atomic E-state index is 13.1. The maximum absolute atomic E-state index is 13.1. The molecule has 2 atom stereocenters. The van der Waals surface area contributed by atoms with E-state index in [-0.39, 0.29) is 6.42 Å². The molecule has 1 aliphatic rings. The monoisotopic (exact) mass is 283 g/mol. The van der Waals surface area contributed by atoms with E-state index in [2.05, 4.69) is 9.97 Å². The van der Waals surface area contributed by atoms with Crippen molar-refractivity contribution in [1.29, 1.82) is 0 Å². The first kappa shape index (κ1) is 13.3. The Kier molecular flexibility index (Phi) is 3.11. The zero-order valence-corrected chi connectivity index (χ0v) is 10.9. The molecule has 1 aliphatic carbocycles. The minimum Gasteiger partial charge on any atom is -0.399 e. The second-order valence-corrected chi connectivity index (χ2v) is 5.44. The van der Waals surface area contributed by atoms with Gasteiger partial charge < -0.3 is 10.7 Å². The van der Waals surface area contributed by atoms with Crippen LogP contribution in [0, 0.1) is 5.92 Å². The smallest absolute Gasteiger partial charge is 0.392 e. The Morgan fingerprint density at radius 1 is 1.20 bits per heavy atom. The molecule has 2 unspecified atom stereocenters. The maximum Gasteiger partial charge on any atom is 0.392 e. The predicted octanol–water partition coefficient (Wildman–Crippen LogP) is 3.98. The molecule has 1 heterocycles. The van der Waals surface area contributed by atoms with E-state index in [1.54, 1.807) is 18.2 Å². The van der Waals surface area contributed by atoms with E-state index in [4.69, 9.17) is 5.73 Å². The molecule has 20 heavy (non-hydrogen) atoms. The van der Waals surface area contributed by atoms with Gasteiger partial charge in [0.2, 0.25) is 0 Å². The number of aromatic amines is 1. The Morgan fingerprint density at radius 3 is 2.70 bits per heavy atom. The number of nitrogen functional groups attached to an aromatic ring is 1. The van der Waals surface area contributed by atoms with Gasteiger partial charge in [0.25, 0.3) is 0 Å². The molecule has 1 aromatic carbocycles. The number of halogens is 3. The molecular formula is C14H16F3N3. The van der Waals surface area contributed by atoms with Gasteiger partial charge in [0.15, 0.2) is 0 Å². The van der Waals surface area contributed by atoms with Crippen LogP contribution >= 0.6 is 0 Å². The van der Waals surface area contributed by atoms with E-state index < -0.39 is 18.0 Å². The summed E-state index contributed by atoms with van der Waals surface area (Å²) in [6, 6.07) is 5.14. The van der Waals surface area contributed by atoms with Gasteiger partial charge in [-0.3, -0.25) is 0 Å².